The fourth-order valence-corrected chi connectivity index (χ4v) is 3.80. The fourth-order valence-electron chi connectivity index (χ4n) is 2.69. The van der Waals surface area contributed by atoms with Crippen LogP contribution in [-0.4, -0.2) is 28.9 Å². The summed E-state index contributed by atoms with van der Waals surface area (Å²) in [5.74, 6) is -0.503. The smallest absolute Gasteiger partial charge is 0.340 e. The minimum absolute atomic E-state index is 0.00195. The number of rotatable bonds is 7. The largest absolute Gasteiger partial charge is 0.495 e. The SMILES string of the molecule is COc1ccccc1N(C(C)=O)c1nc(COC(=O)c2ccc([N+](=O)[O-])cc2Cl)cs1. The van der Waals surface area contributed by atoms with Crippen LogP contribution in [-0.2, 0) is 16.1 Å². The van der Waals surface area contributed by atoms with Gasteiger partial charge in [0.2, 0.25) is 5.91 Å². The molecule has 0 saturated heterocycles. The number of benzene rings is 2. The van der Waals surface area contributed by atoms with Crippen molar-refractivity contribution in [2.75, 3.05) is 12.0 Å². The zero-order valence-corrected chi connectivity index (χ0v) is 18.0. The molecule has 0 radical (unpaired) electrons. The van der Waals surface area contributed by atoms with Gasteiger partial charge in [-0.05, 0) is 18.2 Å². The number of non-ortho nitro benzene ring substituents is 1. The summed E-state index contributed by atoms with van der Waals surface area (Å²) in [6, 6.07) is 10.5. The molecule has 11 heteroatoms. The Labute approximate surface area is 185 Å². The molecule has 0 aliphatic rings. The monoisotopic (exact) mass is 461 g/mol. The van der Waals surface area contributed by atoms with Gasteiger partial charge in [0.25, 0.3) is 5.69 Å². The van der Waals surface area contributed by atoms with E-state index in [9.17, 15) is 19.7 Å². The van der Waals surface area contributed by atoms with E-state index in [4.69, 9.17) is 21.1 Å². The highest BCUT2D eigenvalue weighted by Gasteiger charge is 2.22. The van der Waals surface area contributed by atoms with Crippen LogP contribution in [0.1, 0.15) is 23.0 Å². The van der Waals surface area contributed by atoms with E-state index in [-0.39, 0.29) is 28.8 Å². The van der Waals surface area contributed by atoms with E-state index in [0.717, 1.165) is 6.07 Å². The predicted molar refractivity (Wildman–Crippen MR) is 115 cm³/mol. The highest BCUT2D eigenvalue weighted by Crippen LogP contribution is 2.35. The lowest BCUT2D eigenvalue weighted by Gasteiger charge is -2.20. The first-order valence-electron chi connectivity index (χ1n) is 8.81. The summed E-state index contributed by atoms with van der Waals surface area (Å²) in [4.78, 5) is 40.5. The molecule has 9 nitrogen and oxygen atoms in total. The summed E-state index contributed by atoms with van der Waals surface area (Å²) in [7, 11) is 1.51. The number of thiazole rings is 1. The maximum absolute atomic E-state index is 12.3. The van der Waals surface area contributed by atoms with Crippen molar-refractivity contribution in [1.29, 1.82) is 0 Å². The van der Waals surface area contributed by atoms with E-state index in [1.165, 1.54) is 42.4 Å². The van der Waals surface area contributed by atoms with Gasteiger partial charge in [-0.15, -0.1) is 11.3 Å². The lowest BCUT2D eigenvalue weighted by Crippen LogP contribution is -2.23. The molecule has 3 aromatic rings. The number of carbonyl (C=O) groups is 2. The van der Waals surface area contributed by atoms with Crippen molar-refractivity contribution in [3.8, 4) is 5.75 Å². The van der Waals surface area contributed by atoms with Crippen molar-refractivity contribution in [3.05, 3.63) is 74.2 Å². The first kappa shape index (κ1) is 22.2. The van der Waals surface area contributed by atoms with Crippen LogP contribution in [0.15, 0.2) is 47.8 Å². The molecule has 31 heavy (non-hydrogen) atoms. The number of halogens is 1. The number of methoxy groups -OCH3 is 1. The summed E-state index contributed by atoms with van der Waals surface area (Å²) in [5, 5.41) is 12.7. The average Bonchev–Trinajstić information content (AvgIpc) is 3.20. The molecule has 1 aromatic heterocycles. The Morgan fingerprint density at radius 2 is 2.00 bits per heavy atom. The van der Waals surface area contributed by atoms with Gasteiger partial charge in [0, 0.05) is 24.4 Å². The van der Waals surface area contributed by atoms with Crippen LogP contribution in [0.2, 0.25) is 5.02 Å². The van der Waals surface area contributed by atoms with Crippen LogP contribution in [0, 0.1) is 10.1 Å². The number of para-hydroxylation sites is 2. The van der Waals surface area contributed by atoms with E-state index in [1.807, 2.05) is 0 Å². The number of nitro benzene ring substituents is 1. The number of hydrogen-bond acceptors (Lipinski definition) is 8. The number of carbonyl (C=O) groups excluding carboxylic acids is 2. The van der Waals surface area contributed by atoms with Gasteiger partial charge in [0.1, 0.15) is 12.4 Å². The number of anilines is 2. The number of esters is 1. The van der Waals surface area contributed by atoms with Crippen molar-refractivity contribution in [2.45, 2.75) is 13.5 Å². The molecule has 0 fully saturated rings. The third-order valence-electron chi connectivity index (χ3n) is 4.11. The van der Waals surface area contributed by atoms with Crippen LogP contribution >= 0.6 is 22.9 Å². The molecule has 0 bridgehead atoms. The molecule has 160 valence electrons. The van der Waals surface area contributed by atoms with Gasteiger partial charge < -0.3 is 9.47 Å². The summed E-state index contributed by atoms with van der Waals surface area (Å²) in [5.41, 5.74) is 0.731. The van der Waals surface area contributed by atoms with E-state index >= 15 is 0 Å². The lowest BCUT2D eigenvalue weighted by atomic mass is 10.2. The molecule has 0 saturated carbocycles. The van der Waals surface area contributed by atoms with Gasteiger partial charge in [0.05, 0.1) is 34.0 Å². The Bertz CT molecular complexity index is 1150. The standard InChI is InChI=1S/C20H16ClN3O6S/c1-12(25)23(17-5-3-4-6-18(17)29-2)20-22-13(11-31-20)10-30-19(26)15-8-7-14(24(27)28)9-16(15)21/h3-9,11H,10H2,1-2H3. The Kier molecular flexibility index (Phi) is 6.83. The first-order valence-corrected chi connectivity index (χ1v) is 10.1. The highest BCUT2D eigenvalue weighted by molar-refractivity contribution is 7.14. The topological polar surface area (TPSA) is 112 Å². The Hall–Kier alpha value is -3.50. The van der Waals surface area contributed by atoms with Gasteiger partial charge in [0.15, 0.2) is 5.13 Å². The number of aromatic nitrogens is 1. The van der Waals surface area contributed by atoms with Crippen LogP contribution in [0.5, 0.6) is 5.75 Å². The molecule has 2 aromatic carbocycles. The number of ether oxygens (including phenoxy) is 2. The average molecular weight is 462 g/mol. The number of amides is 1. The summed E-state index contributed by atoms with van der Waals surface area (Å²) >= 11 is 7.15. The van der Waals surface area contributed by atoms with Gasteiger partial charge in [-0.1, -0.05) is 23.7 Å². The Balaban J connectivity index is 1.75. The number of nitro groups is 1. The molecule has 1 heterocycles. The van der Waals surface area contributed by atoms with Crippen LogP contribution in [0.4, 0.5) is 16.5 Å². The molecule has 0 unspecified atom stereocenters. The Morgan fingerprint density at radius 3 is 2.65 bits per heavy atom. The van der Waals surface area contributed by atoms with Gasteiger partial charge >= 0.3 is 5.97 Å². The zero-order valence-electron chi connectivity index (χ0n) is 16.4. The second kappa shape index (κ2) is 9.54. The van der Waals surface area contributed by atoms with Gasteiger partial charge in [-0.3, -0.25) is 19.8 Å². The van der Waals surface area contributed by atoms with E-state index in [1.54, 1.807) is 29.6 Å². The van der Waals surface area contributed by atoms with Crippen molar-refractivity contribution < 1.29 is 24.0 Å². The second-order valence-corrected chi connectivity index (χ2v) is 7.39. The summed E-state index contributed by atoms with van der Waals surface area (Å²) in [6.45, 7) is 1.24. The van der Waals surface area contributed by atoms with Crippen LogP contribution in [0.3, 0.4) is 0 Å². The molecular weight excluding hydrogens is 446 g/mol. The van der Waals surface area contributed by atoms with Crippen molar-refractivity contribution >= 4 is 51.3 Å². The fraction of sp³-hybridized carbons (Fsp3) is 0.150. The molecule has 0 spiro atoms. The molecule has 1 amide bonds. The molecule has 0 aliphatic carbocycles. The summed E-state index contributed by atoms with van der Waals surface area (Å²) < 4.78 is 10.5. The number of nitrogens with zero attached hydrogens (tertiary/aromatic N) is 3. The second-order valence-electron chi connectivity index (χ2n) is 6.15. The molecule has 0 aliphatic heterocycles. The zero-order chi connectivity index (χ0) is 22.5. The maximum Gasteiger partial charge on any atom is 0.340 e. The highest BCUT2D eigenvalue weighted by atomic mass is 35.5. The van der Waals surface area contributed by atoms with Crippen molar-refractivity contribution in [1.82, 2.24) is 4.98 Å². The van der Waals surface area contributed by atoms with Crippen LogP contribution in [0.25, 0.3) is 0 Å². The molecule has 0 atom stereocenters. The van der Waals surface area contributed by atoms with Gasteiger partial charge in [-0.25, -0.2) is 9.78 Å². The summed E-state index contributed by atoms with van der Waals surface area (Å²) in [6.07, 6.45) is 0. The quantitative estimate of drug-likeness (QED) is 0.283. The van der Waals surface area contributed by atoms with E-state index < -0.39 is 10.9 Å². The third kappa shape index (κ3) is 4.98. The predicted octanol–water partition coefficient (Wildman–Crippen LogP) is 4.75. The normalized spacial score (nSPS) is 10.4. The lowest BCUT2D eigenvalue weighted by molar-refractivity contribution is -0.384. The minimum Gasteiger partial charge on any atom is -0.495 e. The minimum atomic E-state index is -0.748. The maximum atomic E-state index is 12.3. The molecule has 0 N–H and O–H groups in total. The third-order valence-corrected chi connectivity index (χ3v) is 5.29. The number of hydrogen-bond donors (Lipinski definition) is 0. The van der Waals surface area contributed by atoms with Crippen LogP contribution < -0.4 is 9.64 Å². The van der Waals surface area contributed by atoms with Gasteiger partial charge in [-0.2, -0.15) is 0 Å². The van der Waals surface area contributed by atoms with E-state index in [0.29, 0.717) is 22.3 Å². The van der Waals surface area contributed by atoms with E-state index in [2.05, 4.69) is 4.98 Å². The molecular formula is C20H16ClN3O6S. The Morgan fingerprint density at radius 1 is 1.26 bits per heavy atom. The molecule has 3 rings (SSSR count). The van der Waals surface area contributed by atoms with Crippen molar-refractivity contribution in [3.63, 3.8) is 0 Å². The van der Waals surface area contributed by atoms with Crippen molar-refractivity contribution in [2.24, 2.45) is 0 Å². The first-order chi connectivity index (χ1) is 14.8.